The van der Waals surface area contributed by atoms with E-state index in [1.807, 2.05) is 12.3 Å². The van der Waals surface area contributed by atoms with E-state index in [-0.39, 0.29) is 5.82 Å². The van der Waals surface area contributed by atoms with Gasteiger partial charge in [0, 0.05) is 47.6 Å². The zero-order valence-electron chi connectivity index (χ0n) is 13.6. The number of piperazine rings is 1. The minimum absolute atomic E-state index is 0.203. The van der Waals surface area contributed by atoms with Gasteiger partial charge in [0.25, 0.3) is 0 Å². The van der Waals surface area contributed by atoms with Crippen LogP contribution in [0.15, 0.2) is 52.4 Å². The molecule has 2 N–H and O–H groups in total. The van der Waals surface area contributed by atoms with Crippen LogP contribution in [-0.2, 0) is 0 Å². The quantitative estimate of drug-likeness (QED) is 0.749. The van der Waals surface area contributed by atoms with E-state index in [0.717, 1.165) is 36.5 Å². The number of benzene rings is 2. The van der Waals surface area contributed by atoms with Gasteiger partial charge in [-0.15, -0.1) is 0 Å². The van der Waals surface area contributed by atoms with Crippen molar-refractivity contribution in [1.82, 2.24) is 10.3 Å². The fourth-order valence-electron chi connectivity index (χ4n) is 3.16. The van der Waals surface area contributed by atoms with Gasteiger partial charge in [0.2, 0.25) is 0 Å². The van der Waals surface area contributed by atoms with Crippen LogP contribution < -0.4 is 10.2 Å². The zero-order valence-corrected chi connectivity index (χ0v) is 14.4. The van der Waals surface area contributed by atoms with Gasteiger partial charge in [-0.3, -0.25) is 0 Å². The van der Waals surface area contributed by atoms with Crippen molar-refractivity contribution in [3.63, 3.8) is 0 Å². The molecule has 5 heteroatoms. The predicted octanol–water partition coefficient (Wildman–Crippen LogP) is 4.18. The summed E-state index contributed by atoms with van der Waals surface area (Å²) < 4.78 is 13.9. The van der Waals surface area contributed by atoms with E-state index in [1.165, 1.54) is 22.2 Å². The molecule has 3 aromatic rings. The van der Waals surface area contributed by atoms with Gasteiger partial charge in [-0.25, -0.2) is 4.39 Å². The number of nitrogens with zero attached hydrogens (tertiary/aromatic N) is 1. The van der Waals surface area contributed by atoms with Gasteiger partial charge in [0.05, 0.1) is 11.2 Å². The number of rotatable bonds is 3. The van der Waals surface area contributed by atoms with E-state index < -0.39 is 0 Å². The van der Waals surface area contributed by atoms with Crippen molar-refractivity contribution in [3.05, 3.63) is 54.0 Å². The Morgan fingerprint density at radius 1 is 1.08 bits per heavy atom. The molecule has 3 nitrogen and oxygen atoms in total. The topological polar surface area (TPSA) is 31.1 Å². The van der Waals surface area contributed by atoms with Crippen molar-refractivity contribution in [2.45, 2.75) is 16.7 Å². The Morgan fingerprint density at radius 2 is 1.92 bits per heavy atom. The van der Waals surface area contributed by atoms with Crippen molar-refractivity contribution in [3.8, 4) is 0 Å². The second-order valence-electron chi connectivity index (χ2n) is 6.13. The van der Waals surface area contributed by atoms with E-state index >= 15 is 0 Å². The van der Waals surface area contributed by atoms with E-state index in [9.17, 15) is 4.39 Å². The summed E-state index contributed by atoms with van der Waals surface area (Å²) in [5.74, 6) is -0.203. The van der Waals surface area contributed by atoms with Gasteiger partial charge in [-0.1, -0.05) is 30.0 Å². The Balaban J connectivity index is 1.72. The smallest absolute Gasteiger partial charge is 0.147 e. The van der Waals surface area contributed by atoms with Gasteiger partial charge in [-0.05, 0) is 30.7 Å². The molecule has 0 radical (unpaired) electrons. The lowest BCUT2D eigenvalue weighted by Crippen LogP contribution is -2.43. The lowest BCUT2D eigenvalue weighted by atomic mass is 10.2. The van der Waals surface area contributed by atoms with E-state index in [4.69, 9.17) is 0 Å². The first-order chi connectivity index (χ1) is 11.7. The van der Waals surface area contributed by atoms with Crippen LogP contribution in [0.5, 0.6) is 0 Å². The molecule has 0 bridgehead atoms. The average molecular weight is 341 g/mol. The molecule has 0 atom stereocenters. The summed E-state index contributed by atoms with van der Waals surface area (Å²) >= 11 is 1.70. The van der Waals surface area contributed by atoms with Gasteiger partial charge < -0.3 is 15.2 Å². The van der Waals surface area contributed by atoms with E-state index in [0.29, 0.717) is 5.52 Å². The summed E-state index contributed by atoms with van der Waals surface area (Å²) in [6.45, 7) is 6.17. The number of aromatic amines is 1. The molecule has 0 unspecified atom stereocenters. The maximum Gasteiger partial charge on any atom is 0.147 e. The molecule has 1 aliphatic heterocycles. The number of anilines is 1. The SMILES string of the molecule is Cc1ccc(Sc2c[nH]c3c(F)cccc23)c(N2CCNCC2)c1. The molecule has 2 heterocycles. The minimum Gasteiger partial charge on any atom is -0.368 e. The van der Waals surface area contributed by atoms with Gasteiger partial charge >= 0.3 is 0 Å². The molecule has 124 valence electrons. The summed E-state index contributed by atoms with van der Waals surface area (Å²) in [4.78, 5) is 7.77. The average Bonchev–Trinajstić information content (AvgIpc) is 3.02. The summed E-state index contributed by atoms with van der Waals surface area (Å²) in [6, 6.07) is 11.8. The highest BCUT2D eigenvalue weighted by atomic mass is 32.2. The van der Waals surface area contributed by atoms with E-state index in [2.05, 4.69) is 40.3 Å². The number of fused-ring (bicyclic) bond motifs is 1. The van der Waals surface area contributed by atoms with Crippen LogP contribution >= 0.6 is 11.8 Å². The largest absolute Gasteiger partial charge is 0.368 e. The predicted molar refractivity (Wildman–Crippen MR) is 98.6 cm³/mol. The fraction of sp³-hybridized carbons (Fsp3) is 0.263. The Morgan fingerprint density at radius 3 is 2.75 bits per heavy atom. The molecule has 0 saturated carbocycles. The first-order valence-corrected chi connectivity index (χ1v) is 9.04. The number of nitrogens with one attached hydrogen (secondary N) is 2. The fourth-order valence-corrected chi connectivity index (χ4v) is 4.22. The van der Waals surface area contributed by atoms with Crippen molar-refractivity contribution in [2.24, 2.45) is 0 Å². The third kappa shape index (κ3) is 2.89. The maximum atomic E-state index is 13.9. The molecule has 24 heavy (non-hydrogen) atoms. The Bertz CT molecular complexity index is 868. The molecule has 1 saturated heterocycles. The molecule has 0 amide bonds. The third-order valence-electron chi connectivity index (χ3n) is 4.42. The number of halogens is 1. The number of aromatic nitrogens is 1. The number of hydrogen-bond acceptors (Lipinski definition) is 3. The van der Waals surface area contributed by atoms with Gasteiger partial charge in [-0.2, -0.15) is 0 Å². The molecule has 1 aromatic heterocycles. The summed E-state index contributed by atoms with van der Waals surface area (Å²) in [5.41, 5.74) is 3.11. The third-order valence-corrected chi connectivity index (χ3v) is 5.54. The number of aryl methyl sites for hydroxylation is 1. The maximum absolute atomic E-state index is 13.9. The van der Waals surface area contributed by atoms with Crippen molar-refractivity contribution in [1.29, 1.82) is 0 Å². The summed E-state index contributed by atoms with van der Waals surface area (Å²) in [7, 11) is 0. The van der Waals surface area contributed by atoms with Crippen LogP contribution in [-0.4, -0.2) is 31.2 Å². The number of hydrogen-bond donors (Lipinski definition) is 2. The molecule has 4 rings (SSSR count). The van der Waals surface area contributed by atoms with Crippen LogP contribution in [0.2, 0.25) is 0 Å². The van der Waals surface area contributed by atoms with E-state index in [1.54, 1.807) is 17.8 Å². The lowest BCUT2D eigenvalue weighted by molar-refractivity contribution is 0.587. The molecule has 1 fully saturated rings. The van der Waals surface area contributed by atoms with Crippen molar-refractivity contribution < 1.29 is 4.39 Å². The van der Waals surface area contributed by atoms with Crippen LogP contribution in [0.4, 0.5) is 10.1 Å². The highest BCUT2D eigenvalue weighted by Crippen LogP contribution is 2.39. The van der Waals surface area contributed by atoms with Crippen molar-refractivity contribution >= 4 is 28.4 Å². The molecule has 2 aromatic carbocycles. The second kappa shape index (κ2) is 6.49. The summed E-state index contributed by atoms with van der Waals surface area (Å²) in [5, 5.41) is 4.34. The van der Waals surface area contributed by atoms with Crippen LogP contribution in [0.1, 0.15) is 5.56 Å². The second-order valence-corrected chi connectivity index (χ2v) is 7.21. The molecule has 0 spiro atoms. The Kier molecular flexibility index (Phi) is 4.21. The first-order valence-electron chi connectivity index (χ1n) is 8.22. The molecular formula is C19H20FN3S. The van der Waals surface area contributed by atoms with Gasteiger partial charge in [0.15, 0.2) is 0 Å². The number of para-hydroxylation sites is 1. The van der Waals surface area contributed by atoms with Gasteiger partial charge in [0.1, 0.15) is 5.82 Å². The Labute approximate surface area is 145 Å². The van der Waals surface area contributed by atoms with Crippen LogP contribution in [0.3, 0.4) is 0 Å². The van der Waals surface area contributed by atoms with Crippen LogP contribution in [0.25, 0.3) is 10.9 Å². The van der Waals surface area contributed by atoms with Crippen molar-refractivity contribution in [2.75, 3.05) is 31.1 Å². The number of H-pyrrole nitrogens is 1. The minimum atomic E-state index is -0.203. The lowest BCUT2D eigenvalue weighted by Gasteiger charge is -2.31. The first kappa shape index (κ1) is 15.5. The molecular weight excluding hydrogens is 321 g/mol. The standard InChI is InChI=1S/C19H20FN3S/c1-13-5-6-17(16(11-13)23-9-7-21-8-10-23)24-18-12-22-19-14(18)3-2-4-15(19)20/h2-6,11-12,21-22H,7-10H2,1H3. The molecule has 0 aliphatic carbocycles. The normalized spacial score (nSPS) is 15.2. The monoisotopic (exact) mass is 341 g/mol. The van der Waals surface area contributed by atoms with Crippen LogP contribution in [0, 0.1) is 12.7 Å². The molecule has 1 aliphatic rings. The highest BCUT2D eigenvalue weighted by molar-refractivity contribution is 7.99. The summed E-state index contributed by atoms with van der Waals surface area (Å²) in [6.07, 6.45) is 1.90. The highest BCUT2D eigenvalue weighted by Gasteiger charge is 2.16. The Hall–Kier alpha value is -1.98. The zero-order chi connectivity index (χ0) is 16.5.